The van der Waals surface area contributed by atoms with E-state index in [1.54, 1.807) is 12.1 Å². The number of benzene rings is 2. The number of sulfone groups is 1. The molecule has 4 rings (SSSR count). The molecular weight excluding hydrogens is 657 g/mol. The Kier molecular flexibility index (Phi) is 11.8. The molecule has 0 unspecified atom stereocenters. The molecule has 2 heterocycles. The van der Waals surface area contributed by atoms with E-state index in [0.717, 1.165) is 41.8 Å². The van der Waals surface area contributed by atoms with Crippen molar-refractivity contribution in [2.75, 3.05) is 23.7 Å². The van der Waals surface area contributed by atoms with Gasteiger partial charge in [0.1, 0.15) is 12.3 Å². The van der Waals surface area contributed by atoms with Crippen molar-refractivity contribution >= 4 is 42.8 Å². The van der Waals surface area contributed by atoms with Crippen molar-refractivity contribution in [2.24, 2.45) is 0 Å². The number of allylic oxidation sites excluding steroid dienone is 6. The number of fused-ring (bicyclic) bond motifs is 2. The van der Waals surface area contributed by atoms with Crippen LogP contribution in [0.5, 0.6) is 0 Å². The van der Waals surface area contributed by atoms with Crippen molar-refractivity contribution in [3.05, 3.63) is 101 Å². The van der Waals surface area contributed by atoms with E-state index in [4.69, 9.17) is 0 Å². The summed E-state index contributed by atoms with van der Waals surface area (Å²) in [6.45, 7) is 17.8. The van der Waals surface area contributed by atoms with Crippen molar-refractivity contribution in [3.63, 3.8) is 0 Å². The maximum Gasteiger partial charge on any atom is 0.294 e. The maximum absolute atomic E-state index is 12.3. The van der Waals surface area contributed by atoms with Gasteiger partial charge in [0.25, 0.3) is 10.1 Å². The van der Waals surface area contributed by atoms with Gasteiger partial charge in [-0.1, -0.05) is 56.4 Å². The summed E-state index contributed by atoms with van der Waals surface area (Å²) in [7, 11) is -7.66. The van der Waals surface area contributed by atoms with Crippen LogP contribution in [0.1, 0.15) is 89.8 Å². The van der Waals surface area contributed by atoms with Crippen molar-refractivity contribution in [2.45, 2.75) is 95.8 Å². The zero-order valence-electron chi connectivity index (χ0n) is 29.7. The number of nitrogens with zero attached hydrogens (tertiary/aromatic N) is 2. The number of aryl methyl sites for hydroxylation is 1. The summed E-state index contributed by atoms with van der Waals surface area (Å²) in [4.78, 5) is 14.6. The summed E-state index contributed by atoms with van der Waals surface area (Å²) in [5.74, 6) is -0.00297. The number of rotatable bonds is 16. The van der Waals surface area contributed by atoms with Gasteiger partial charge in [0.2, 0.25) is 5.69 Å². The lowest BCUT2D eigenvalue weighted by Gasteiger charge is -2.25. The van der Waals surface area contributed by atoms with Gasteiger partial charge >= 0.3 is 0 Å². The zero-order chi connectivity index (χ0) is 36.2. The summed E-state index contributed by atoms with van der Waals surface area (Å²) < 4.78 is 59.2. The Bertz CT molecular complexity index is 1950. The topological polar surface area (TPSA) is 112 Å². The van der Waals surface area contributed by atoms with Crippen LogP contribution < -0.4 is 4.90 Å². The van der Waals surface area contributed by atoms with E-state index in [1.807, 2.05) is 12.2 Å². The second-order valence-electron chi connectivity index (χ2n) is 14.0. The number of Topliss-reactive ketones (excluding diaryl/α,β-unsaturated/α-hetero) is 1. The molecule has 49 heavy (non-hydrogen) atoms. The van der Waals surface area contributed by atoms with Gasteiger partial charge in [-0.05, 0) is 76.8 Å². The largest absolute Gasteiger partial charge is 0.344 e. The average Bonchev–Trinajstić information content (AvgIpc) is 3.37. The summed E-state index contributed by atoms with van der Waals surface area (Å²) in [5.41, 5.74) is 7.11. The molecule has 0 bridgehead atoms. The lowest BCUT2D eigenvalue weighted by atomic mass is 9.81. The molecule has 0 fully saturated rings. The van der Waals surface area contributed by atoms with Gasteiger partial charge in [0, 0.05) is 65.7 Å². The minimum absolute atomic E-state index is 0.0589. The summed E-state index contributed by atoms with van der Waals surface area (Å²) >= 11 is 0. The molecule has 0 atom stereocenters. The zero-order valence-corrected chi connectivity index (χ0v) is 31.3. The molecule has 0 aromatic heterocycles. The molecule has 0 aliphatic carbocycles. The highest BCUT2D eigenvalue weighted by atomic mass is 32.2. The van der Waals surface area contributed by atoms with Crippen LogP contribution in [-0.2, 0) is 35.6 Å². The molecule has 0 spiro atoms. The average molecular weight is 708 g/mol. The molecule has 1 N–H and O–H groups in total. The van der Waals surface area contributed by atoms with Crippen molar-refractivity contribution in [1.29, 1.82) is 0 Å². The molecule has 0 radical (unpaired) electrons. The predicted molar refractivity (Wildman–Crippen MR) is 199 cm³/mol. The number of hydrogen-bond acceptors (Lipinski definition) is 6. The van der Waals surface area contributed by atoms with E-state index in [1.165, 1.54) is 28.6 Å². The maximum atomic E-state index is 12.3. The van der Waals surface area contributed by atoms with Crippen LogP contribution in [0, 0.1) is 6.92 Å². The minimum atomic E-state index is -4.37. The summed E-state index contributed by atoms with van der Waals surface area (Å²) in [5, 5.41) is 0.934. The molecule has 0 saturated heterocycles. The molecule has 10 heteroatoms. The fraction of sp³-hybridized carbons (Fsp3) is 0.436. The summed E-state index contributed by atoms with van der Waals surface area (Å²) in [6.07, 6.45) is 13.6. The Labute approximate surface area is 293 Å². The van der Waals surface area contributed by atoms with Crippen molar-refractivity contribution in [3.8, 4) is 0 Å². The molecule has 2 aromatic rings. The van der Waals surface area contributed by atoms with E-state index >= 15 is 0 Å². The summed E-state index contributed by atoms with van der Waals surface area (Å²) in [6, 6.07) is 11.4. The number of hydrogen-bond donors (Lipinski definition) is 1. The molecule has 264 valence electrons. The Morgan fingerprint density at radius 1 is 0.898 bits per heavy atom. The van der Waals surface area contributed by atoms with E-state index in [2.05, 4.69) is 94.0 Å². The number of anilines is 1. The first-order chi connectivity index (χ1) is 22.9. The van der Waals surface area contributed by atoms with Gasteiger partial charge in [0.05, 0.1) is 16.1 Å². The molecule has 2 aliphatic heterocycles. The number of ketones is 1. The minimum Gasteiger partial charge on any atom is -0.344 e. The lowest BCUT2D eigenvalue weighted by molar-refractivity contribution is -0.438. The van der Waals surface area contributed by atoms with Crippen LogP contribution >= 0.6 is 0 Å². The van der Waals surface area contributed by atoms with Gasteiger partial charge in [-0.3, -0.25) is 9.35 Å². The van der Waals surface area contributed by atoms with Crippen molar-refractivity contribution < 1.29 is 30.8 Å². The molecule has 2 aliphatic rings. The number of carbonyl (C=O) groups excluding carboxylic acids is 1. The smallest absolute Gasteiger partial charge is 0.294 e. The van der Waals surface area contributed by atoms with E-state index in [0.29, 0.717) is 25.8 Å². The van der Waals surface area contributed by atoms with Gasteiger partial charge < -0.3 is 4.90 Å². The standard InChI is InChI=1S/C39H50N2O6S2/c1-8-40-34-23-21-29(3)27-32(34)38(4,5)36(40)19-13-10-14-20-37-39(6,7)33-28-31(49(45,46)47)22-24-35(33)41(37)25-15-11-12-17-30(42)18-16-26-48(43,44)9-2/h9-10,13-14,19-24,27-28H,2,8,11-12,15-18,25-26H2,1,3-7H3/p+1. The molecule has 0 amide bonds. The number of likely N-dealkylation sites (N-methyl/N-ethyl adjacent to an activating group) is 1. The highest BCUT2D eigenvalue weighted by Gasteiger charge is 2.45. The van der Waals surface area contributed by atoms with Gasteiger partial charge in [-0.25, -0.2) is 8.42 Å². The van der Waals surface area contributed by atoms with Crippen LogP contribution in [0.15, 0.2) is 89.4 Å². The van der Waals surface area contributed by atoms with Gasteiger partial charge in [-0.15, -0.1) is 0 Å². The predicted octanol–water partition coefficient (Wildman–Crippen LogP) is 7.90. The second kappa shape index (κ2) is 15.1. The van der Waals surface area contributed by atoms with Crippen LogP contribution in [0.4, 0.5) is 11.4 Å². The van der Waals surface area contributed by atoms with Gasteiger partial charge in [0.15, 0.2) is 15.5 Å². The van der Waals surface area contributed by atoms with Gasteiger partial charge in [-0.2, -0.15) is 13.0 Å². The molecule has 8 nitrogen and oxygen atoms in total. The number of carbonyl (C=O) groups is 1. The second-order valence-corrected chi connectivity index (χ2v) is 17.5. The van der Waals surface area contributed by atoms with Crippen LogP contribution in [0.3, 0.4) is 0 Å². The molecular formula is C39H51N2O6S2+. The molecule has 2 aromatic carbocycles. The van der Waals surface area contributed by atoms with Crippen LogP contribution in [-0.4, -0.2) is 56.3 Å². The fourth-order valence-electron chi connectivity index (χ4n) is 6.99. The Morgan fingerprint density at radius 2 is 1.61 bits per heavy atom. The SMILES string of the molecule is C=CS(=O)(=O)CCCC(=O)CCCCC[N+]1=C(C=CC=CC=C2N(CC)c3ccc(C)cc3C2(C)C)C(C)(C)c2cc(S(=O)(=O)O)ccc21. The third-order valence-electron chi connectivity index (χ3n) is 9.73. The fourth-order valence-corrected chi connectivity index (χ4v) is 8.21. The van der Waals surface area contributed by atoms with Crippen LogP contribution in [0.25, 0.3) is 0 Å². The van der Waals surface area contributed by atoms with E-state index in [-0.39, 0.29) is 28.3 Å². The van der Waals surface area contributed by atoms with E-state index < -0.39 is 25.4 Å². The van der Waals surface area contributed by atoms with E-state index in [9.17, 15) is 26.2 Å². The Balaban J connectivity index is 1.52. The first-order valence-corrected chi connectivity index (χ1v) is 20.2. The van der Waals surface area contributed by atoms with Crippen molar-refractivity contribution in [1.82, 2.24) is 0 Å². The molecule has 0 saturated carbocycles. The first-order valence-electron chi connectivity index (χ1n) is 17.0. The monoisotopic (exact) mass is 707 g/mol. The lowest BCUT2D eigenvalue weighted by Crippen LogP contribution is -2.28. The number of unbranched alkanes of at least 4 members (excludes halogenated alkanes) is 2. The Morgan fingerprint density at radius 3 is 2.29 bits per heavy atom. The highest BCUT2D eigenvalue weighted by Crippen LogP contribution is 2.48. The third-order valence-corrected chi connectivity index (χ3v) is 11.9. The van der Waals surface area contributed by atoms with Crippen LogP contribution in [0.2, 0.25) is 0 Å². The Hall–Kier alpha value is -3.60. The highest BCUT2D eigenvalue weighted by molar-refractivity contribution is 7.94. The quantitative estimate of drug-likeness (QED) is 0.0817. The third kappa shape index (κ3) is 8.59. The first kappa shape index (κ1) is 38.2. The normalized spacial score (nSPS) is 17.8.